The van der Waals surface area contributed by atoms with Crippen LogP contribution < -0.4 is 0 Å². The number of ketones is 1. The predicted molar refractivity (Wildman–Crippen MR) is 122 cm³/mol. The van der Waals surface area contributed by atoms with Crippen LogP contribution in [0.4, 0.5) is 0 Å². The topological polar surface area (TPSA) is 88.7 Å². The molecule has 0 spiro atoms. The van der Waals surface area contributed by atoms with Crippen molar-refractivity contribution in [3.8, 4) is 0 Å². The summed E-state index contributed by atoms with van der Waals surface area (Å²) >= 11 is 0. The number of allylic oxidation sites excluding steroid dienone is 1. The maximum Gasteiger partial charge on any atom is 0.341 e. The first-order valence-electron chi connectivity index (χ1n) is 12.7. The van der Waals surface area contributed by atoms with Crippen LogP contribution in [0.3, 0.4) is 0 Å². The lowest BCUT2D eigenvalue weighted by atomic mass is 9.47. The third-order valence-electron chi connectivity index (χ3n) is 10.6. The number of esters is 1. The molecule has 3 aliphatic carbocycles. The summed E-state index contributed by atoms with van der Waals surface area (Å²) in [4.78, 5) is 25.9. The molecule has 3 saturated heterocycles. The van der Waals surface area contributed by atoms with Gasteiger partial charge in [-0.15, -0.1) is 0 Å². The van der Waals surface area contributed by atoms with Gasteiger partial charge in [0.2, 0.25) is 0 Å². The molecule has 1 aromatic rings. The number of hydrogen-bond donors (Lipinski definition) is 1. The Hall–Kier alpha value is -2.02. The number of carbonyl (C=O) groups excluding carboxylic acids is 2. The third kappa shape index (κ3) is 2.28. The highest BCUT2D eigenvalue weighted by Crippen LogP contribution is 2.66. The fourth-order valence-corrected chi connectivity index (χ4v) is 8.12. The van der Waals surface area contributed by atoms with Crippen molar-refractivity contribution in [1.82, 2.24) is 0 Å². The minimum Gasteiger partial charge on any atom is -0.459 e. The first kappa shape index (κ1) is 21.3. The highest BCUT2D eigenvalue weighted by Gasteiger charge is 2.75. The molecule has 0 amide bonds. The molecular formula is C28H32O6. The quantitative estimate of drug-likeness (QED) is 0.534. The van der Waals surface area contributed by atoms with Gasteiger partial charge in [0.1, 0.15) is 23.4 Å². The summed E-state index contributed by atoms with van der Waals surface area (Å²) in [7, 11) is 0. The third-order valence-corrected chi connectivity index (χ3v) is 10.6. The van der Waals surface area contributed by atoms with Gasteiger partial charge in [-0.25, -0.2) is 4.79 Å². The number of carbonyl (C=O) groups is 2. The SMILES string of the molecule is CC(c1cccc2c1CCC1C2C2OC2C2(O)CC=CC(=O)C12C)C1CC2(C)OC2(C)C(=O)O1. The van der Waals surface area contributed by atoms with Crippen molar-refractivity contribution in [2.75, 3.05) is 0 Å². The largest absolute Gasteiger partial charge is 0.459 e. The van der Waals surface area contributed by atoms with Crippen LogP contribution in [0, 0.1) is 11.3 Å². The fraction of sp³-hybridized carbons (Fsp3) is 0.643. The van der Waals surface area contributed by atoms with Gasteiger partial charge in [-0.1, -0.05) is 31.2 Å². The van der Waals surface area contributed by atoms with Crippen molar-refractivity contribution < 1.29 is 28.9 Å². The lowest BCUT2D eigenvalue weighted by molar-refractivity contribution is -0.164. The molecule has 6 aliphatic rings. The smallest absolute Gasteiger partial charge is 0.341 e. The highest BCUT2D eigenvalue weighted by molar-refractivity contribution is 5.97. The van der Waals surface area contributed by atoms with Crippen LogP contribution in [0.1, 0.15) is 75.5 Å². The Bertz CT molecular complexity index is 1170. The zero-order chi connectivity index (χ0) is 23.8. The molecule has 10 atom stereocenters. The van der Waals surface area contributed by atoms with Gasteiger partial charge < -0.3 is 19.3 Å². The molecule has 1 aromatic carbocycles. The average molecular weight is 465 g/mol. The van der Waals surface area contributed by atoms with Crippen molar-refractivity contribution >= 4 is 11.8 Å². The minimum absolute atomic E-state index is 0.0213. The van der Waals surface area contributed by atoms with E-state index in [0.29, 0.717) is 12.8 Å². The lowest BCUT2D eigenvalue weighted by Crippen LogP contribution is -2.65. The van der Waals surface area contributed by atoms with Gasteiger partial charge in [-0.05, 0) is 68.7 Å². The van der Waals surface area contributed by atoms with Gasteiger partial charge in [0.25, 0.3) is 0 Å². The molecule has 34 heavy (non-hydrogen) atoms. The molecule has 1 saturated carbocycles. The summed E-state index contributed by atoms with van der Waals surface area (Å²) in [5, 5.41) is 11.7. The molecule has 0 aromatic heterocycles. The Morgan fingerprint density at radius 1 is 1.18 bits per heavy atom. The van der Waals surface area contributed by atoms with Gasteiger partial charge in [-0.2, -0.15) is 0 Å². The molecule has 4 fully saturated rings. The molecule has 0 radical (unpaired) electrons. The van der Waals surface area contributed by atoms with Crippen LogP contribution in [0.15, 0.2) is 30.4 Å². The molecule has 7 rings (SSSR count). The van der Waals surface area contributed by atoms with Gasteiger partial charge in [0, 0.05) is 18.3 Å². The molecule has 1 N–H and O–H groups in total. The van der Waals surface area contributed by atoms with E-state index in [1.54, 1.807) is 12.2 Å². The monoisotopic (exact) mass is 464 g/mol. The van der Waals surface area contributed by atoms with Crippen LogP contribution in [-0.2, 0) is 30.2 Å². The number of fused-ring (bicyclic) bond motifs is 9. The number of ether oxygens (including phenoxy) is 3. The number of rotatable bonds is 2. The second-order valence-corrected chi connectivity index (χ2v) is 12.0. The Morgan fingerprint density at radius 2 is 1.97 bits per heavy atom. The summed E-state index contributed by atoms with van der Waals surface area (Å²) in [6.07, 6.45) is 5.69. The van der Waals surface area contributed by atoms with Crippen molar-refractivity contribution in [1.29, 1.82) is 0 Å². The van der Waals surface area contributed by atoms with Crippen molar-refractivity contribution in [2.45, 2.75) is 100 Å². The van der Waals surface area contributed by atoms with Gasteiger partial charge >= 0.3 is 5.97 Å². The van der Waals surface area contributed by atoms with Crippen LogP contribution in [0.2, 0.25) is 0 Å². The standard InChI is InChI=1S/C28H32O6/c1-14(19-13-25(2)27(4,34-25)24(30)32-19)15-7-5-8-17-16(15)10-11-18-21(17)22-23(33-22)28(31)12-6-9-20(29)26(18,28)3/h5-9,14,18-19,21-23,31H,10-13H2,1-4H3. The number of cyclic esters (lactones) is 1. The van der Waals surface area contributed by atoms with Crippen LogP contribution >= 0.6 is 0 Å². The number of benzene rings is 1. The molecule has 3 aliphatic heterocycles. The van der Waals surface area contributed by atoms with E-state index in [4.69, 9.17) is 14.2 Å². The summed E-state index contributed by atoms with van der Waals surface area (Å²) in [5.74, 6) is -0.0901. The van der Waals surface area contributed by atoms with E-state index in [-0.39, 0.29) is 47.8 Å². The van der Waals surface area contributed by atoms with Crippen molar-refractivity contribution in [2.24, 2.45) is 11.3 Å². The van der Waals surface area contributed by atoms with Crippen molar-refractivity contribution in [3.05, 3.63) is 47.0 Å². The summed E-state index contributed by atoms with van der Waals surface area (Å²) in [5.41, 5.74) is 0.512. The molecular weight excluding hydrogens is 432 g/mol. The molecule has 6 nitrogen and oxygen atoms in total. The molecule has 6 heteroatoms. The van der Waals surface area contributed by atoms with E-state index in [2.05, 4.69) is 25.1 Å². The second kappa shape index (κ2) is 6.21. The molecule has 3 heterocycles. The Kier molecular flexibility index (Phi) is 3.88. The first-order chi connectivity index (χ1) is 16.1. The maximum absolute atomic E-state index is 13.2. The zero-order valence-electron chi connectivity index (χ0n) is 20.2. The van der Waals surface area contributed by atoms with E-state index >= 15 is 0 Å². The van der Waals surface area contributed by atoms with Crippen LogP contribution in [0.25, 0.3) is 0 Å². The molecule has 180 valence electrons. The summed E-state index contributed by atoms with van der Waals surface area (Å²) < 4.78 is 17.8. The van der Waals surface area contributed by atoms with Gasteiger partial charge in [0.05, 0.1) is 11.5 Å². The fourth-order valence-electron chi connectivity index (χ4n) is 8.12. The average Bonchev–Trinajstić information content (AvgIpc) is 3.70. The highest BCUT2D eigenvalue weighted by atomic mass is 16.7. The lowest BCUT2D eigenvalue weighted by Gasteiger charge is -2.55. The van der Waals surface area contributed by atoms with Gasteiger partial charge in [-0.3, -0.25) is 4.79 Å². The number of aliphatic hydroxyl groups is 1. The van der Waals surface area contributed by atoms with Crippen LogP contribution in [0.5, 0.6) is 0 Å². The van der Waals surface area contributed by atoms with E-state index in [0.717, 1.165) is 12.8 Å². The Balaban J connectivity index is 1.26. The first-order valence-corrected chi connectivity index (χ1v) is 12.7. The van der Waals surface area contributed by atoms with E-state index in [9.17, 15) is 14.7 Å². The second-order valence-electron chi connectivity index (χ2n) is 12.0. The zero-order valence-corrected chi connectivity index (χ0v) is 20.2. The predicted octanol–water partition coefficient (Wildman–Crippen LogP) is 3.35. The van der Waals surface area contributed by atoms with Gasteiger partial charge in [0.15, 0.2) is 11.4 Å². The molecule has 10 unspecified atom stereocenters. The summed E-state index contributed by atoms with van der Waals surface area (Å²) in [6, 6.07) is 6.41. The number of hydrogen-bond acceptors (Lipinski definition) is 6. The number of epoxide rings is 2. The Morgan fingerprint density at radius 3 is 2.74 bits per heavy atom. The van der Waals surface area contributed by atoms with E-state index in [1.165, 1.54) is 16.7 Å². The van der Waals surface area contributed by atoms with E-state index < -0.39 is 22.2 Å². The maximum atomic E-state index is 13.2. The molecule has 0 bridgehead atoms. The van der Waals surface area contributed by atoms with Crippen molar-refractivity contribution in [3.63, 3.8) is 0 Å². The van der Waals surface area contributed by atoms with E-state index in [1.807, 2.05) is 20.8 Å². The minimum atomic E-state index is -1.13. The summed E-state index contributed by atoms with van der Waals surface area (Å²) in [6.45, 7) is 7.92. The van der Waals surface area contributed by atoms with Crippen LogP contribution in [-0.4, -0.2) is 52.0 Å². The normalized spacial score (nSPS) is 50.7. The Labute approximate surface area is 199 Å².